The quantitative estimate of drug-likeness (QED) is 0.458. The summed E-state index contributed by atoms with van der Waals surface area (Å²) in [7, 11) is 4.21. The van der Waals surface area contributed by atoms with Crippen LogP contribution in [0.1, 0.15) is 74.1 Å². The van der Waals surface area contributed by atoms with Gasteiger partial charge in [0.15, 0.2) is 11.0 Å². The molecule has 1 aliphatic rings. The molecule has 9 heteroatoms. The van der Waals surface area contributed by atoms with Crippen molar-refractivity contribution in [3.8, 4) is 0 Å². The Hall–Kier alpha value is -1.71. The van der Waals surface area contributed by atoms with Crippen LogP contribution in [0.25, 0.3) is 10.2 Å². The molecule has 0 aliphatic heterocycles. The molecule has 1 unspecified atom stereocenters. The van der Waals surface area contributed by atoms with E-state index in [1.807, 2.05) is 0 Å². The monoisotopic (exact) mass is 459 g/mol. The van der Waals surface area contributed by atoms with Crippen LogP contribution in [0.5, 0.6) is 0 Å². The SMILES string of the molecule is CCCCn1c(SCc2nc(N)c3c4c(sc3n2)CCCC4)nnc1C(CC)N(C)C. The molecule has 4 rings (SSSR count). The largest absolute Gasteiger partial charge is 0.383 e. The van der Waals surface area contributed by atoms with Crippen LogP contribution < -0.4 is 5.73 Å². The third-order valence-corrected chi connectivity index (χ3v) is 8.16. The molecule has 0 amide bonds. The Bertz CT molecular complexity index is 1040. The summed E-state index contributed by atoms with van der Waals surface area (Å²) >= 11 is 3.46. The van der Waals surface area contributed by atoms with Gasteiger partial charge in [0, 0.05) is 11.4 Å². The molecule has 2 N–H and O–H groups in total. The number of nitrogens with two attached hydrogens (primary N) is 1. The number of nitrogens with zero attached hydrogens (tertiary/aromatic N) is 6. The number of rotatable bonds is 9. The van der Waals surface area contributed by atoms with Crippen molar-refractivity contribution >= 4 is 39.1 Å². The highest BCUT2D eigenvalue weighted by molar-refractivity contribution is 7.98. The maximum atomic E-state index is 6.39. The molecule has 3 heterocycles. The van der Waals surface area contributed by atoms with Crippen molar-refractivity contribution < 1.29 is 0 Å². The summed E-state index contributed by atoms with van der Waals surface area (Å²) in [4.78, 5) is 14.2. The van der Waals surface area contributed by atoms with E-state index in [2.05, 4.69) is 52.6 Å². The number of thiophene rings is 1. The molecule has 1 atom stereocenters. The van der Waals surface area contributed by atoms with E-state index in [0.717, 1.165) is 65.7 Å². The van der Waals surface area contributed by atoms with Crippen LogP contribution in [0, 0.1) is 0 Å². The second-order valence-electron chi connectivity index (χ2n) is 8.44. The molecule has 7 nitrogen and oxygen atoms in total. The van der Waals surface area contributed by atoms with Crippen molar-refractivity contribution in [2.75, 3.05) is 19.8 Å². The molecule has 0 radical (unpaired) electrons. The highest BCUT2D eigenvalue weighted by Gasteiger charge is 2.23. The lowest BCUT2D eigenvalue weighted by atomic mass is 9.97. The lowest BCUT2D eigenvalue weighted by Crippen LogP contribution is -2.23. The lowest BCUT2D eigenvalue weighted by Gasteiger charge is -2.23. The highest BCUT2D eigenvalue weighted by Crippen LogP contribution is 2.38. The van der Waals surface area contributed by atoms with E-state index in [1.165, 1.54) is 23.3 Å². The lowest BCUT2D eigenvalue weighted by molar-refractivity contribution is 0.270. The average Bonchev–Trinajstić information content (AvgIpc) is 3.32. The number of hydrogen-bond acceptors (Lipinski definition) is 8. The van der Waals surface area contributed by atoms with Gasteiger partial charge in [0.25, 0.3) is 0 Å². The highest BCUT2D eigenvalue weighted by atomic mass is 32.2. The molecular formula is C22H33N7S2. The van der Waals surface area contributed by atoms with E-state index in [-0.39, 0.29) is 6.04 Å². The first kappa shape index (κ1) is 22.5. The first-order valence-electron chi connectivity index (χ1n) is 11.3. The first-order chi connectivity index (χ1) is 15.0. The second kappa shape index (κ2) is 9.83. The van der Waals surface area contributed by atoms with Crippen LogP contribution in [0.4, 0.5) is 5.82 Å². The van der Waals surface area contributed by atoms with Gasteiger partial charge < -0.3 is 10.3 Å². The summed E-state index contributed by atoms with van der Waals surface area (Å²) in [5, 5.41) is 11.1. The van der Waals surface area contributed by atoms with Gasteiger partial charge >= 0.3 is 0 Å². The molecular weight excluding hydrogens is 426 g/mol. The minimum Gasteiger partial charge on any atom is -0.383 e. The first-order valence-corrected chi connectivity index (χ1v) is 13.1. The van der Waals surface area contributed by atoms with E-state index >= 15 is 0 Å². The molecule has 0 bridgehead atoms. The second-order valence-corrected chi connectivity index (χ2v) is 10.5. The van der Waals surface area contributed by atoms with Gasteiger partial charge in [-0.2, -0.15) is 0 Å². The number of fused-ring (bicyclic) bond motifs is 3. The van der Waals surface area contributed by atoms with Crippen molar-refractivity contribution in [1.82, 2.24) is 29.6 Å². The Morgan fingerprint density at radius 2 is 1.97 bits per heavy atom. The van der Waals surface area contributed by atoms with E-state index in [4.69, 9.17) is 10.7 Å². The number of unbranched alkanes of at least 4 members (excludes halogenated alkanes) is 1. The van der Waals surface area contributed by atoms with Gasteiger partial charge in [0.05, 0.1) is 17.2 Å². The Morgan fingerprint density at radius 3 is 2.71 bits per heavy atom. The maximum absolute atomic E-state index is 6.39. The van der Waals surface area contributed by atoms with Gasteiger partial charge in [-0.05, 0) is 58.2 Å². The number of anilines is 1. The average molecular weight is 460 g/mol. The van der Waals surface area contributed by atoms with Crippen LogP contribution >= 0.6 is 23.1 Å². The van der Waals surface area contributed by atoms with Crippen molar-refractivity contribution in [2.45, 2.75) is 82.3 Å². The minimum atomic E-state index is 0.263. The molecule has 168 valence electrons. The van der Waals surface area contributed by atoms with Crippen molar-refractivity contribution in [1.29, 1.82) is 0 Å². The Balaban J connectivity index is 1.58. The molecule has 0 aromatic carbocycles. The molecule has 0 spiro atoms. The molecule has 3 aromatic heterocycles. The van der Waals surface area contributed by atoms with Gasteiger partial charge in [0.2, 0.25) is 0 Å². The zero-order chi connectivity index (χ0) is 22.0. The smallest absolute Gasteiger partial charge is 0.191 e. The summed E-state index contributed by atoms with van der Waals surface area (Å²) < 4.78 is 2.29. The number of hydrogen-bond donors (Lipinski definition) is 1. The molecule has 0 saturated carbocycles. The number of thioether (sulfide) groups is 1. The van der Waals surface area contributed by atoms with Crippen molar-refractivity contribution in [2.24, 2.45) is 0 Å². The van der Waals surface area contributed by atoms with E-state index in [1.54, 1.807) is 23.1 Å². The topological polar surface area (TPSA) is 85.8 Å². The molecule has 0 fully saturated rings. The molecule has 31 heavy (non-hydrogen) atoms. The molecule has 0 saturated heterocycles. The minimum absolute atomic E-state index is 0.263. The molecule has 1 aliphatic carbocycles. The normalized spacial score (nSPS) is 15.0. The fourth-order valence-electron chi connectivity index (χ4n) is 4.38. The summed E-state index contributed by atoms with van der Waals surface area (Å²) in [6.07, 6.45) is 7.99. The van der Waals surface area contributed by atoms with Crippen LogP contribution in [-0.4, -0.2) is 43.7 Å². The fraction of sp³-hybridized carbons (Fsp3) is 0.636. The number of aromatic nitrogens is 5. The van der Waals surface area contributed by atoms with Crippen LogP contribution in [0.15, 0.2) is 5.16 Å². The van der Waals surface area contributed by atoms with Crippen LogP contribution in [0.3, 0.4) is 0 Å². The number of aryl methyl sites for hydroxylation is 2. The van der Waals surface area contributed by atoms with E-state index in [0.29, 0.717) is 11.6 Å². The van der Waals surface area contributed by atoms with Gasteiger partial charge in [-0.3, -0.25) is 4.90 Å². The van der Waals surface area contributed by atoms with Gasteiger partial charge in [-0.25, -0.2) is 9.97 Å². The zero-order valence-corrected chi connectivity index (χ0v) is 20.7. The predicted molar refractivity (Wildman–Crippen MR) is 130 cm³/mol. The third kappa shape index (κ3) is 4.59. The Labute approximate surface area is 192 Å². The molecule has 3 aromatic rings. The van der Waals surface area contributed by atoms with Gasteiger partial charge in [0.1, 0.15) is 16.5 Å². The maximum Gasteiger partial charge on any atom is 0.191 e. The Morgan fingerprint density at radius 1 is 1.16 bits per heavy atom. The standard InChI is InChI=1S/C22H33N7S2/c1-5-7-12-29-20(15(6-2)28(3)4)26-27-22(29)30-13-17-24-19(23)18-14-10-8-9-11-16(14)31-21(18)25-17/h15H,5-13H2,1-4H3,(H2,23,24,25). The van der Waals surface area contributed by atoms with Crippen molar-refractivity contribution in [3.05, 3.63) is 22.1 Å². The Kier molecular flexibility index (Phi) is 7.13. The van der Waals surface area contributed by atoms with Crippen LogP contribution in [-0.2, 0) is 25.1 Å². The number of nitrogen functional groups attached to an aromatic ring is 1. The summed E-state index contributed by atoms with van der Waals surface area (Å²) in [5.41, 5.74) is 7.78. The zero-order valence-electron chi connectivity index (χ0n) is 19.0. The summed E-state index contributed by atoms with van der Waals surface area (Å²) in [5.74, 6) is 3.10. The summed E-state index contributed by atoms with van der Waals surface area (Å²) in [6.45, 7) is 5.35. The van der Waals surface area contributed by atoms with E-state index in [9.17, 15) is 0 Å². The van der Waals surface area contributed by atoms with Gasteiger partial charge in [-0.15, -0.1) is 21.5 Å². The predicted octanol–water partition coefficient (Wildman–Crippen LogP) is 4.85. The van der Waals surface area contributed by atoms with Crippen LogP contribution in [0.2, 0.25) is 0 Å². The van der Waals surface area contributed by atoms with Gasteiger partial charge in [-0.1, -0.05) is 32.0 Å². The third-order valence-electron chi connectivity index (χ3n) is 6.01. The van der Waals surface area contributed by atoms with Crippen molar-refractivity contribution in [3.63, 3.8) is 0 Å². The van der Waals surface area contributed by atoms with E-state index < -0.39 is 0 Å². The summed E-state index contributed by atoms with van der Waals surface area (Å²) in [6, 6.07) is 0.263. The fourth-order valence-corrected chi connectivity index (χ4v) is 6.50.